The molecular weight excluding hydrogens is 512 g/mol. The summed E-state index contributed by atoms with van der Waals surface area (Å²) in [5.41, 5.74) is -10.7. The summed E-state index contributed by atoms with van der Waals surface area (Å²) < 4.78 is 125. The van der Waals surface area contributed by atoms with Crippen LogP contribution in [-0.2, 0) is 28.4 Å². The van der Waals surface area contributed by atoms with Crippen LogP contribution in [0.5, 0.6) is 0 Å². The van der Waals surface area contributed by atoms with Crippen molar-refractivity contribution >= 4 is 34.1 Å². The monoisotopic (exact) mass is 548 g/mol. The molecular formula is C18H36B2F6O6S2. The van der Waals surface area contributed by atoms with Crippen LogP contribution in [-0.4, -0.2) is 41.7 Å². The van der Waals surface area contributed by atoms with E-state index in [1.165, 1.54) is 0 Å². The molecule has 0 radical (unpaired) electrons. The minimum absolute atomic E-state index is 0.339. The first-order chi connectivity index (χ1) is 15.5. The quantitative estimate of drug-likeness (QED) is 0.119. The van der Waals surface area contributed by atoms with Crippen LogP contribution < -0.4 is 0 Å². The number of rotatable bonds is 16. The third kappa shape index (κ3) is 15.5. The summed E-state index contributed by atoms with van der Waals surface area (Å²) in [5.74, 6) is 0. The molecule has 0 fully saturated rings. The zero-order valence-corrected chi connectivity index (χ0v) is 21.8. The highest BCUT2D eigenvalue weighted by molar-refractivity contribution is 7.88. The number of hydrogen-bond acceptors (Lipinski definition) is 6. The molecule has 0 heterocycles. The highest BCUT2D eigenvalue weighted by Gasteiger charge is 2.49. The summed E-state index contributed by atoms with van der Waals surface area (Å²) in [7, 11) is -10.9. The summed E-state index contributed by atoms with van der Waals surface area (Å²) in [6.07, 6.45) is 7.13. The Kier molecular flexibility index (Phi) is 17.9. The summed E-state index contributed by atoms with van der Waals surface area (Å²) >= 11 is 0. The lowest BCUT2D eigenvalue weighted by atomic mass is 9.60. The summed E-state index contributed by atoms with van der Waals surface area (Å²) in [5, 5.41) is 0. The van der Waals surface area contributed by atoms with Gasteiger partial charge in [0.1, 0.15) is 0 Å². The van der Waals surface area contributed by atoms with E-state index in [-0.39, 0.29) is 0 Å². The molecule has 0 saturated carbocycles. The van der Waals surface area contributed by atoms with E-state index >= 15 is 0 Å². The lowest BCUT2D eigenvalue weighted by Crippen LogP contribution is -2.32. The lowest BCUT2D eigenvalue weighted by molar-refractivity contribution is -0.0506. The van der Waals surface area contributed by atoms with Gasteiger partial charge < -0.3 is 8.20 Å². The molecule has 0 aromatic rings. The van der Waals surface area contributed by atoms with Crippen molar-refractivity contribution < 1.29 is 51.4 Å². The molecule has 0 spiro atoms. The van der Waals surface area contributed by atoms with Crippen LogP contribution in [0.3, 0.4) is 0 Å². The Morgan fingerprint density at radius 1 is 0.529 bits per heavy atom. The molecule has 0 saturated heterocycles. The second-order valence-corrected chi connectivity index (χ2v) is 10.9. The minimum atomic E-state index is -5.46. The highest BCUT2D eigenvalue weighted by atomic mass is 32.2. The van der Waals surface area contributed by atoms with Crippen LogP contribution in [0, 0.1) is 0 Å². The maximum atomic E-state index is 12.1. The maximum absolute atomic E-state index is 12.1. The third-order valence-electron chi connectivity index (χ3n) is 4.61. The molecule has 0 aromatic heterocycles. The molecule has 16 heteroatoms. The third-order valence-corrected chi connectivity index (χ3v) is 6.80. The number of hydrogen-bond donors (Lipinski definition) is 0. The van der Waals surface area contributed by atoms with Crippen LogP contribution in [0.25, 0.3) is 0 Å². The first-order valence-electron chi connectivity index (χ1n) is 11.5. The Balaban J connectivity index is 0. The van der Waals surface area contributed by atoms with E-state index in [4.69, 9.17) is 0 Å². The number of unbranched alkanes of at least 4 members (excludes halogenated alkanes) is 4. The Labute approximate surface area is 201 Å². The second kappa shape index (κ2) is 17.1. The summed E-state index contributed by atoms with van der Waals surface area (Å²) in [6, 6.07) is 0. The largest absolute Gasteiger partial charge is 0.521 e. The molecule has 0 amide bonds. The zero-order chi connectivity index (χ0) is 27.1. The molecule has 0 N–H and O–H groups in total. The smallest absolute Gasteiger partial charge is 0.327 e. The van der Waals surface area contributed by atoms with Crippen molar-refractivity contribution in [1.29, 1.82) is 0 Å². The van der Waals surface area contributed by atoms with Crippen molar-refractivity contribution in [2.75, 3.05) is 0 Å². The van der Waals surface area contributed by atoms with E-state index in [1.54, 1.807) is 0 Å². The molecule has 0 atom stereocenters. The van der Waals surface area contributed by atoms with Gasteiger partial charge in [0.15, 0.2) is 0 Å². The van der Waals surface area contributed by atoms with Gasteiger partial charge in [-0.2, -0.15) is 43.2 Å². The van der Waals surface area contributed by atoms with Crippen molar-refractivity contribution in [3.63, 3.8) is 0 Å². The fraction of sp³-hybridized carbons (Fsp3) is 1.00. The van der Waals surface area contributed by atoms with Crippen LogP contribution in [0.1, 0.15) is 79.1 Å². The van der Waals surface area contributed by atoms with Gasteiger partial charge in [-0.3, -0.25) is 0 Å². The predicted molar refractivity (Wildman–Crippen MR) is 122 cm³/mol. The van der Waals surface area contributed by atoms with Crippen molar-refractivity contribution in [2.45, 2.75) is 115 Å². The number of halogens is 6. The van der Waals surface area contributed by atoms with Gasteiger partial charge in [0.2, 0.25) is 0 Å². The molecule has 204 valence electrons. The van der Waals surface area contributed by atoms with E-state index in [2.05, 4.69) is 8.20 Å². The normalized spacial score (nSPS) is 12.8. The Morgan fingerprint density at radius 3 is 0.882 bits per heavy atom. The van der Waals surface area contributed by atoms with Crippen molar-refractivity contribution in [1.82, 2.24) is 0 Å². The van der Waals surface area contributed by atoms with Gasteiger partial charge in [0.05, 0.1) is 0 Å². The summed E-state index contributed by atoms with van der Waals surface area (Å²) in [6.45, 7) is 5.82. The van der Waals surface area contributed by atoms with Gasteiger partial charge in [-0.05, 0) is 25.3 Å². The molecule has 0 rings (SSSR count). The molecule has 0 aromatic carbocycles. The van der Waals surface area contributed by atoms with E-state index in [1.807, 2.05) is 27.7 Å². The molecule has 34 heavy (non-hydrogen) atoms. The van der Waals surface area contributed by atoms with Gasteiger partial charge in [-0.25, -0.2) is 0 Å². The van der Waals surface area contributed by atoms with Gasteiger partial charge in [-0.15, -0.1) is 0 Å². The first kappa shape index (κ1) is 35.7. The van der Waals surface area contributed by atoms with E-state index in [0.29, 0.717) is 51.0 Å². The van der Waals surface area contributed by atoms with Crippen molar-refractivity contribution in [3.8, 4) is 0 Å². The van der Waals surface area contributed by atoms with Gasteiger partial charge in [0, 0.05) is 0 Å². The highest BCUT2D eigenvalue weighted by Crippen LogP contribution is 2.28. The first-order valence-corrected chi connectivity index (χ1v) is 14.3. The van der Waals surface area contributed by atoms with E-state index in [0.717, 1.165) is 25.7 Å². The lowest BCUT2D eigenvalue weighted by Gasteiger charge is -2.15. The SMILES string of the molecule is CCCCB(CCCC)OS(=O)(=O)C(F)(F)F.CCCCB(CCCC)OS(=O)(=O)C(F)(F)F. The van der Waals surface area contributed by atoms with Crippen molar-refractivity contribution in [2.24, 2.45) is 0 Å². The predicted octanol–water partition coefficient (Wildman–Crippen LogP) is 6.89. The topological polar surface area (TPSA) is 86.7 Å². The van der Waals surface area contributed by atoms with Gasteiger partial charge in [-0.1, -0.05) is 79.1 Å². The molecule has 0 aliphatic rings. The Hall–Kier alpha value is -0.470. The Morgan fingerprint density at radius 2 is 0.735 bits per heavy atom. The van der Waals surface area contributed by atoms with Gasteiger partial charge >= 0.3 is 45.1 Å². The van der Waals surface area contributed by atoms with E-state index in [9.17, 15) is 43.2 Å². The maximum Gasteiger partial charge on any atom is 0.521 e. The van der Waals surface area contributed by atoms with Gasteiger partial charge in [0.25, 0.3) is 0 Å². The zero-order valence-electron chi connectivity index (χ0n) is 20.2. The average molecular weight is 548 g/mol. The molecule has 0 bridgehead atoms. The van der Waals surface area contributed by atoms with Crippen LogP contribution in [0.15, 0.2) is 0 Å². The fourth-order valence-electron chi connectivity index (χ4n) is 2.68. The average Bonchev–Trinajstić information content (AvgIpc) is 2.70. The second-order valence-electron chi connectivity index (χ2n) is 7.81. The molecule has 0 aliphatic heterocycles. The molecule has 0 aliphatic carbocycles. The molecule has 6 nitrogen and oxygen atoms in total. The van der Waals surface area contributed by atoms with E-state index < -0.39 is 45.1 Å². The summed E-state index contributed by atoms with van der Waals surface area (Å²) in [4.78, 5) is 0. The van der Waals surface area contributed by atoms with Crippen LogP contribution >= 0.6 is 0 Å². The Bertz CT molecular complexity index is 652. The van der Waals surface area contributed by atoms with Crippen molar-refractivity contribution in [3.05, 3.63) is 0 Å². The molecule has 0 unspecified atom stereocenters. The number of alkyl halides is 6. The minimum Gasteiger partial charge on any atom is -0.327 e. The standard InChI is InChI=1S/2C9H18BF3O3S/c2*1-3-5-7-10(8-6-4-2)16-17(14,15)9(11,12)13/h2*3-8H2,1-2H3. The fourth-order valence-corrected chi connectivity index (χ4v) is 4.00. The van der Waals surface area contributed by atoms with Crippen LogP contribution in [0.4, 0.5) is 26.3 Å². The van der Waals surface area contributed by atoms with Crippen LogP contribution in [0.2, 0.25) is 25.3 Å².